The highest BCUT2D eigenvalue weighted by atomic mass is 79.9. The molecule has 0 aliphatic heterocycles. The Balaban J connectivity index is 2.51. The molecule has 20 heavy (non-hydrogen) atoms. The van der Waals surface area contributed by atoms with Gasteiger partial charge in [-0.3, -0.25) is 0 Å². The monoisotopic (exact) mass is 335 g/mol. The molecule has 0 heterocycles. The van der Waals surface area contributed by atoms with E-state index in [4.69, 9.17) is 15.1 Å². The summed E-state index contributed by atoms with van der Waals surface area (Å²) in [5.74, 6) is -1.88. The Morgan fingerprint density at radius 1 is 1.30 bits per heavy atom. The Bertz CT molecular complexity index is 725. The van der Waals surface area contributed by atoms with E-state index in [0.29, 0.717) is 4.47 Å². The van der Waals surface area contributed by atoms with Gasteiger partial charge in [0.05, 0.1) is 0 Å². The number of benzene rings is 2. The van der Waals surface area contributed by atoms with Gasteiger partial charge in [-0.05, 0) is 40.2 Å². The van der Waals surface area contributed by atoms with Gasteiger partial charge in [-0.2, -0.15) is 5.26 Å². The number of carboxylic acid groups (broad SMARTS) is 1. The number of hydrogen-bond acceptors (Lipinski definition) is 3. The van der Waals surface area contributed by atoms with E-state index < -0.39 is 11.8 Å². The summed E-state index contributed by atoms with van der Waals surface area (Å²) in [6, 6.07) is 9.81. The minimum Gasteiger partial charge on any atom is -0.478 e. The normalized spacial score (nSPS) is 9.85. The fraction of sp³-hybridized carbons (Fsp3) is 0. The Hall–Kier alpha value is -2.39. The lowest BCUT2D eigenvalue weighted by Gasteiger charge is -2.10. The van der Waals surface area contributed by atoms with E-state index in [1.807, 2.05) is 6.07 Å². The molecule has 6 heteroatoms. The first-order chi connectivity index (χ1) is 9.52. The van der Waals surface area contributed by atoms with Crippen molar-refractivity contribution in [3.63, 3.8) is 0 Å². The molecule has 0 aliphatic rings. The van der Waals surface area contributed by atoms with Crippen molar-refractivity contribution in [3.8, 4) is 17.6 Å². The molecule has 0 aliphatic carbocycles. The maximum absolute atomic E-state index is 13.2. The van der Waals surface area contributed by atoms with E-state index in [1.165, 1.54) is 6.07 Å². The average molecular weight is 336 g/mol. The van der Waals surface area contributed by atoms with Crippen molar-refractivity contribution in [1.82, 2.24) is 0 Å². The number of aromatic carboxylic acids is 1. The van der Waals surface area contributed by atoms with Crippen LogP contribution in [-0.4, -0.2) is 11.1 Å². The van der Waals surface area contributed by atoms with Crippen molar-refractivity contribution in [3.05, 3.63) is 57.8 Å². The number of hydrogen-bond donors (Lipinski definition) is 1. The maximum atomic E-state index is 13.2. The van der Waals surface area contributed by atoms with Crippen LogP contribution in [0, 0.1) is 17.1 Å². The van der Waals surface area contributed by atoms with Gasteiger partial charge in [0.2, 0.25) is 0 Å². The summed E-state index contributed by atoms with van der Waals surface area (Å²) < 4.78 is 19.1. The van der Waals surface area contributed by atoms with Gasteiger partial charge in [-0.25, -0.2) is 9.18 Å². The van der Waals surface area contributed by atoms with Crippen LogP contribution in [0.3, 0.4) is 0 Å². The van der Waals surface area contributed by atoms with E-state index >= 15 is 0 Å². The van der Waals surface area contributed by atoms with Gasteiger partial charge in [0.25, 0.3) is 0 Å². The highest BCUT2D eigenvalue weighted by Gasteiger charge is 2.15. The molecule has 0 bridgehead atoms. The minimum atomic E-state index is -1.24. The Kier molecular flexibility index (Phi) is 4.01. The molecule has 0 atom stereocenters. The number of carbonyl (C=O) groups is 1. The second-order valence-electron chi connectivity index (χ2n) is 3.77. The fourth-order valence-electron chi connectivity index (χ4n) is 1.57. The molecular weight excluding hydrogens is 329 g/mol. The lowest BCUT2D eigenvalue weighted by atomic mass is 10.2. The molecule has 1 N–H and O–H groups in total. The molecule has 0 fully saturated rings. The van der Waals surface area contributed by atoms with Crippen LogP contribution in [0.5, 0.6) is 11.5 Å². The van der Waals surface area contributed by atoms with E-state index in [1.54, 1.807) is 12.1 Å². The van der Waals surface area contributed by atoms with Crippen molar-refractivity contribution >= 4 is 21.9 Å². The van der Waals surface area contributed by atoms with Crippen molar-refractivity contribution in [2.45, 2.75) is 0 Å². The van der Waals surface area contributed by atoms with Crippen LogP contribution in [-0.2, 0) is 0 Å². The zero-order valence-corrected chi connectivity index (χ0v) is 11.5. The molecule has 0 unspecified atom stereocenters. The maximum Gasteiger partial charge on any atom is 0.339 e. The first kappa shape index (κ1) is 14.0. The molecule has 2 aromatic rings. The van der Waals surface area contributed by atoms with Crippen molar-refractivity contribution in [2.75, 3.05) is 0 Å². The van der Waals surface area contributed by atoms with Crippen LogP contribution in [0.4, 0.5) is 4.39 Å². The number of ether oxygens (including phenoxy) is 1. The van der Waals surface area contributed by atoms with Crippen LogP contribution in [0.1, 0.15) is 15.9 Å². The standard InChI is InChI=1S/C14H7BrFNO3/c15-11-2-1-3-12(10(11)7-17)20-13-6-8(16)4-5-9(13)14(18)19/h1-6H,(H,18,19). The Labute approximate surface area is 122 Å². The molecule has 0 spiro atoms. The van der Waals surface area contributed by atoms with Gasteiger partial charge in [0.1, 0.15) is 34.5 Å². The molecular formula is C14H7BrFNO3. The molecule has 0 aromatic heterocycles. The summed E-state index contributed by atoms with van der Waals surface area (Å²) in [4.78, 5) is 11.1. The highest BCUT2D eigenvalue weighted by molar-refractivity contribution is 9.10. The van der Waals surface area contributed by atoms with Crippen LogP contribution < -0.4 is 4.74 Å². The summed E-state index contributed by atoms with van der Waals surface area (Å²) >= 11 is 3.19. The van der Waals surface area contributed by atoms with Crippen LogP contribution >= 0.6 is 15.9 Å². The van der Waals surface area contributed by atoms with Gasteiger partial charge in [0.15, 0.2) is 0 Å². The number of halogens is 2. The molecule has 0 amide bonds. The molecule has 0 saturated heterocycles. The molecule has 2 aromatic carbocycles. The predicted molar refractivity (Wildman–Crippen MR) is 72.3 cm³/mol. The second kappa shape index (κ2) is 5.72. The number of nitrogens with zero attached hydrogens (tertiary/aromatic N) is 1. The summed E-state index contributed by atoms with van der Waals surface area (Å²) in [5.41, 5.74) is 0.0170. The first-order valence-electron chi connectivity index (χ1n) is 5.42. The largest absolute Gasteiger partial charge is 0.478 e. The van der Waals surface area contributed by atoms with Crippen molar-refractivity contribution in [1.29, 1.82) is 5.26 Å². The number of nitriles is 1. The zero-order valence-electron chi connectivity index (χ0n) is 9.93. The smallest absolute Gasteiger partial charge is 0.339 e. The SMILES string of the molecule is N#Cc1c(Br)cccc1Oc1cc(F)ccc1C(=O)O. The Morgan fingerprint density at radius 2 is 2.05 bits per heavy atom. The van der Waals surface area contributed by atoms with Crippen molar-refractivity contribution in [2.24, 2.45) is 0 Å². The lowest BCUT2D eigenvalue weighted by molar-refractivity contribution is 0.0694. The van der Waals surface area contributed by atoms with Gasteiger partial charge in [-0.15, -0.1) is 0 Å². The van der Waals surface area contributed by atoms with E-state index in [0.717, 1.165) is 18.2 Å². The first-order valence-corrected chi connectivity index (χ1v) is 6.21. The van der Waals surface area contributed by atoms with Crippen molar-refractivity contribution < 1.29 is 19.0 Å². The lowest BCUT2D eigenvalue weighted by Crippen LogP contribution is -2.01. The Morgan fingerprint density at radius 3 is 2.70 bits per heavy atom. The highest BCUT2D eigenvalue weighted by Crippen LogP contribution is 2.32. The van der Waals surface area contributed by atoms with Gasteiger partial charge < -0.3 is 9.84 Å². The summed E-state index contributed by atoms with van der Waals surface area (Å²) in [7, 11) is 0. The number of carboxylic acids is 1. The summed E-state index contributed by atoms with van der Waals surface area (Å²) in [6.45, 7) is 0. The van der Waals surface area contributed by atoms with E-state index in [2.05, 4.69) is 15.9 Å². The van der Waals surface area contributed by atoms with Gasteiger partial charge in [0, 0.05) is 10.5 Å². The van der Waals surface area contributed by atoms with Gasteiger partial charge in [-0.1, -0.05) is 6.07 Å². The molecule has 100 valence electrons. The zero-order chi connectivity index (χ0) is 14.7. The minimum absolute atomic E-state index is 0.148. The average Bonchev–Trinajstić information content (AvgIpc) is 2.38. The second-order valence-corrected chi connectivity index (χ2v) is 4.63. The predicted octanol–water partition coefficient (Wildman–Crippen LogP) is 3.95. The third kappa shape index (κ3) is 2.78. The molecule has 4 nitrogen and oxygen atoms in total. The molecule has 2 rings (SSSR count). The van der Waals surface area contributed by atoms with Gasteiger partial charge >= 0.3 is 5.97 Å². The van der Waals surface area contributed by atoms with Crippen LogP contribution in [0.2, 0.25) is 0 Å². The fourth-order valence-corrected chi connectivity index (χ4v) is 2.01. The molecule has 0 radical (unpaired) electrons. The number of rotatable bonds is 3. The summed E-state index contributed by atoms with van der Waals surface area (Å²) in [5, 5.41) is 18.1. The summed E-state index contributed by atoms with van der Waals surface area (Å²) in [6.07, 6.45) is 0. The van der Waals surface area contributed by atoms with E-state index in [-0.39, 0.29) is 22.6 Å². The third-order valence-electron chi connectivity index (χ3n) is 2.48. The quantitative estimate of drug-likeness (QED) is 0.921. The topological polar surface area (TPSA) is 70.3 Å². The van der Waals surface area contributed by atoms with Crippen LogP contribution in [0.25, 0.3) is 0 Å². The third-order valence-corrected chi connectivity index (χ3v) is 3.14. The van der Waals surface area contributed by atoms with Crippen LogP contribution in [0.15, 0.2) is 40.9 Å². The van der Waals surface area contributed by atoms with E-state index in [9.17, 15) is 9.18 Å². The molecule has 0 saturated carbocycles.